The van der Waals surface area contributed by atoms with Crippen molar-refractivity contribution in [3.8, 4) is 18.1 Å². The van der Waals surface area contributed by atoms with Crippen LogP contribution in [0.5, 0.6) is 5.75 Å². The summed E-state index contributed by atoms with van der Waals surface area (Å²) in [5.41, 5.74) is 1.64. The fraction of sp³-hybridized carbons (Fsp3) is 0.308. The van der Waals surface area contributed by atoms with E-state index in [0.717, 1.165) is 18.4 Å². The van der Waals surface area contributed by atoms with Gasteiger partial charge >= 0.3 is 0 Å². The van der Waals surface area contributed by atoms with Crippen LogP contribution in [0.2, 0.25) is 0 Å². The first-order valence-corrected chi connectivity index (χ1v) is 5.28. The molecule has 0 fully saturated rings. The van der Waals surface area contributed by atoms with E-state index in [-0.39, 0.29) is 18.1 Å². The third-order valence-corrected chi connectivity index (χ3v) is 2.75. The van der Waals surface area contributed by atoms with Gasteiger partial charge < -0.3 is 10.0 Å². The van der Waals surface area contributed by atoms with Gasteiger partial charge in [0.2, 0.25) is 5.91 Å². The zero-order chi connectivity index (χ0) is 11.5. The number of anilines is 1. The first-order chi connectivity index (χ1) is 7.74. The maximum Gasteiger partial charge on any atom is 0.239 e. The van der Waals surface area contributed by atoms with Crippen LogP contribution in [0.1, 0.15) is 18.4 Å². The number of para-hydroxylation sites is 1. The predicted molar refractivity (Wildman–Crippen MR) is 62.2 cm³/mol. The number of hydrogen-bond donors (Lipinski definition) is 1. The summed E-state index contributed by atoms with van der Waals surface area (Å²) in [6.07, 6.45) is 7.01. The van der Waals surface area contributed by atoms with E-state index in [4.69, 9.17) is 6.42 Å². The summed E-state index contributed by atoms with van der Waals surface area (Å²) in [7, 11) is 0. The SMILES string of the molecule is C#CCC(=O)N1CCCc2cccc(O)c21. The van der Waals surface area contributed by atoms with Crippen molar-refractivity contribution in [3.63, 3.8) is 0 Å². The van der Waals surface area contributed by atoms with Crippen molar-refractivity contribution >= 4 is 11.6 Å². The number of phenols is 1. The van der Waals surface area contributed by atoms with Crippen molar-refractivity contribution in [2.24, 2.45) is 0 Å². The van der Waals surface area contributed by atoms with E-state index in [1.54, 1.807) is 17.0 Å². The second-order valence-electron chi connectivity index (χ2n) is 3.81. The maximum atomic E-state index is 11.8. The van der Waals surface area contributed by atoms with Gasteiger partial charge in [0.15, 0.2) is 0 Å². The number of aryl methyl sites for hydroxylation is 1. The first kappa shape index (κ1) is 10.6. The number of amides is 1. The van der Waals surface area contributed by atoms with Crippen LogP contribution in [0.3, 0.4) is 0 Å². The van der Waals surface area contributed by atoms with E-state index in [1.165, 1.54) is 0 Å². The lowest BCUT2D eigenvalue weighted by molar-refractivity contribution is -0.117. The highest BCUT2D eigenvalue weighted by Crippen LogP contribution is 2.35. The summed E-state index contributed by atoms with van der Waals surface area (Å²) >= 11 is 0. The number of carbonyl (C=O) groups is 1. The Labute approximate surface area is 94.7 Å². The van der Waals surface area contributed by atoms with Crippen molar-refractivity contribution in [1.29, 1.82) is 0 Å². The van der Waals surface area contributed by atoms with Crippen LogP contribution in [0, 0.1) is 12.3 Å². The lowest BCUT2D eigenvalue weighted by Gasteiger charge is -2.29. The lowest BCUT2D eigenvalue weighted by Crippen LogP contribution is -2.35. The highest BCUT2D eigenvalue weighted by atomic mass is 16.3. The molecule has 1 aliphatic heterocycles. The maximum absolute atomic E-state index is 11.8. The molecule has 3 nitrogen and oxygen atoms in total. The Morgan fingerprint density at radius 3 is 3.12 bits per heavy atom. The number of hydrogen-bond acceptors (Lipinski definition) is 2. The average molecular weight is 215 g/mol. The molecule has 1 N–H and O–H groups in total. The minimum atomic E-state index is -0.120. The van der Waals surface area contributed by atoms with Gasteiger partial charge in [-0.1, -0.05) is 18.1 Å². The van der Waals surface area contributed by atoms with E-state index >= 15 is 0 Å². The second kappa shape index (κ2) is 4.28. The van der Waals surface area contributed by atoms with Crippen LogP contribution in [-0.2, 0) is 11.2 Å². The van der Waals surface area contributed by atoms with Crippen LogP contribution in [0.15, 0.2) is 18.2 Å². The van der Waals surface area contributed by atoms with Gasteiger partial charge in [-0.25, -0.2) is 0 Å². The van der Waals surface area contributed by atoms with E-state index in [2.05, 4.69) is 5.92 Å². The Hall–Kier alpha value is -1.95. The van der Waals surface area contributed by atoms with Gasteiger partial charge in [0.25, 0.3) is 0 Å². The second-order valence-corrected chi connectivity index (χ2v) is 3.81. The number of fused-ring (bicyclic) bond motifs is 1. The molecular weight excluding hydrogens is 202 g/mol. The van der Waals surface area contributed by atoms with Crippen LogP contribution in [0.4, 0.5) is 5.69 Å². The van der Waals surface area contributed by atoms with Gasteiger partial charge in [-0.2, -0.15) is 0 Å². The molecule has 0 saturated heterocycles. The van der Waals surface area contributed by atoms with E-state index in [9.17, 15) is 9.90 Å². The van der Waals surface area contributed by atoms with E-state index < -0.39 is 0 Å². The van der Waals surface area contributed by atoms with Crippen LogP contribution in [-0.4, -0.2) is 17.6 Å². The van der Waals surface area contributed by atoms with Gasteiger partial charge in [-0.15, -0.1) is 6.42 Å². The molecule has 0 aromatic heterocycles. The molecule has 1 heterocycles. The summed E-state index contributed by atoms with van der Waals surface area (Å²) in [6.45, 7) is 0.630. The first-order valence-electron chi connectivity index (χ1n) is 5.28. The molecule has 1 aromatic carbocycles. The van der Waals surface area contributed by atoms with Gasteiger partial charge in [-0.3, -0.25) is 4.79 Å². The molecule has 2 rings (SSSR count). The number of rotatable bonds is 1. The van der Waals surface area contributed by atoms with Crippen molar-refractivity contribution in [3.05, 3.63) is 23.8 Å². The summed E-state index contributed by atoms with van der Waals surface area (Å²) in [6, 6.07) is 5.33. The molecule has 0 bridgehead atoms. The summed E-state index contributed by atoms with van der Waals surface area (Å²) in [5.74, 6) is 2.38. The third kappa shape index (κ3) is 1.74. The van der Waals surface area contributed by atoms with E-state index in [0.29, 0.717) is 12.2 Å². The van der Waals surface area contributed by atoms with Crippen molar-refractivity contribution in [2.45, 2.75) is 19.3 Å². The van der Waals surface area contributed by atoms with Crippen molar-refractivity contribution < 1.29 is 9.90 Å². The Bertz CT molecular complexity index is 459. The molecule has 1 aliphatic rings. The predicted octanol–water partition coefficient (Wildman–Crippen LogP) is 1.69. The largest absolute Gasteiger partial charge is 0.506 e. The quantitative estimate of drug-likeness (QED) is 0.724. The van der Waals surface area contributed by atoms with Gasteiger partial charge in [0.1, 0.15) is 5.75 Å². The fourth-order valence-corrected chi connectivity index (χ4v) is 2.06. The Balaban J connectivity index is 2.40. The molecule has 0 aliphatic carbocycles. The van der Waals surface area contributed by atoms with Gasteiger partial charge in [0.05, 0.1) is 12.1 Å². The fourth-order valence-electron chi connectivity index (χ4n) is 2.06. The molecule has 0 unspecified atom stereocenters. The normalized spacial score (nSPS) is 14.1. The molecular formula is C13H13NO2. The minimum absolute atomic E-state index is 0.0772. The highest BCUT2D eigenvalue weighted by Gasteiger charge is 2.24. The number of aromatic hydroxyl groups is 1. The molecule has 0 saturated carbocycles. The number of terminal acetylenes is 1. The molecule has 16 heavy (non-hydrogen) atoms. The number of carbonyl (C=O) groups excluding carboxylic acids is 1. The molecule has 0 atom stereocenters. The van der Waals surface area contributed by atoms with Gasteiger partial charge in [-0.05, 0) is 24.5 Å². The Kier molecular flexibility index (Phi) is 2.82. The molecule has 1 aromatic rings. The Morgan fingerprint density at radius 1 is 1.56 bits per heavy atom. The lowest BCUT2D eigenvalue weighted by atomic mass is 10.0. The number of nitrogens with zero attached hydrogens (tertiary/aromatic N) is 1. The standard InChI is InChI=1S/C13H13NO2/c1-2-5-12(16)14-9-4-7-10-6-3-8-11(15)13(10)14/h1,3,6,8,15H,4-5,7,9H2. The van der Waals surface area contributed by atoms with Crippen LogP contribution < -0.4 is 4.90 Å². The zero-order valence-electron chi connectivity index (χ0n) is 8.94. The molecule has 3 heteroatoms. The smallest absolute Gasteiger partial charge is 0.239 e. The van der Waals surface area contributed by atoms with Gasteiger partial charge in [0, 0.05) is 6.54 Å². The monoisotopic (exact) mass is 215 g/mol. The van der Waals surface area contributed by atoms with E-state index in [1.807, 2.05) is 6.07 Å². The Morgan fingerprint density at radius 2 is 2.38 bits per heavy atom. The minimum Gasteiger partial charge on any atom is -0.506 e. The molecule has 0 radical (unpaired) electrons. The van der Waals surface area contributed by atoms with Crippen LogP contribution >= 0.6 is 0 Å². The molecule has 1 amide bonds. The zero-order valence-corrected chi connectivity index (χ0v) is 8.94. The molecule has 82 valence electrons. The van der Waals surface area contributed by atoms with Crippen LogP contribution in [0.25, 0.3) is 0 Å². The summed E-state index contributed by atoms with van der Waals surface area (Å²) in [4.78, 5) is 13.4. The molecule has 0 spiro atoms. The topological polar surface area (TPSA) is 40.5 Å². The third-order valence-electron chi connectivity index (χ3n) is 2.75. The van der Waals surface area contributed by atoms with Crippen molar-refractivity contribution in [2.75, 3.05) is 11.4 Å². The number of phenolic OH excluding ortho intramolecular Hbond substituents is 1. The summed E-state index contributed by atoms with van der Waals surface area (Å²) < 4.78 is 0. The number of benzene rings is 1. The highest BCUT2D eigenvalue weighted by molar-refractivity contribution is 5.97. The average Bonchev–Trinajstić information content (AvgIpc) is 2.29. The van der Waals surface area contributed by atoms with Crippen molar-refractivity contribution in [1.82, 2.24) is 0 Å². The summed E-state index contributed by atoms with van der Waals surface area (Å²) in [5, 5.41) is 9.80.